The lowest BCUT2D eigenvalue weighted by Gasteiger charge is -2.37. The van der Waals surface area contributed by atoms with Crippen LogP contribution in [-0.2, 0) is 16.1 Å². The normalized spacial score (nSPS) is 20.3. The van der Waals surface area contributed by atoms with Crippen LogP contribution >= 0.6 is 24.0 Å². The molecule has 0 aliphatic carbocycles. The summed E-state index contributed by atoms with van der Waals surface area (Å²) in [6.07, 6.45) is 1.59. The van der Waals surface area contributed by atoms with E-state index in [9.17, 15) is 4.79 Å². The van der Waals surface area contributed by atoms with Crippen LogP contribution in [0, 0.1) is 0 Å². The summed E-state index contributed by atoms with van der Waals surface area (Å²) in [6.45, 7) is 4.20. The van der Waals surface area contributed by atoms with Crippen molar-refractivity contribution in [3.63, 3.8) is 0 Å². The Morgan fingerprint density at radius 2 is 1.96 bits per heavy atom. The molecule has 0 bridgehead atoms. The van der Waals surface area contributed by atoms with Gasteiger partial charge in [-0.2, -0.15) is 0 Å². The molecule has 2 aliphatic rings. The Labute approximate surface area is 182 Å². The largest absolute Gasteiger partial charge is 0.459 e. The SMILES string of the molecule is CN=C(NCc1cc2ccccc2o1)N1CCN(C(=O)C2CCCO2)CC1.I. The lowest BCUT2D eigenvalue weighted by molar-refractivity contribution is -0.142. The number of rotatable bonds is 3. The number of nitrogens with one attached hydrogen (secondary N) is 1. The predicted octanol–water partition coefficient (Wildman–Crippen LogP) is 2.45. The fraction of sp³-hybridized carbons (Fsp3) is 0.500. The van der Waals surface area contributed by atoms with Crippen LogP contribution in [0.1, 0.15) is 18.6 Å². The van der Waals surface area contributed by atoms with Crippen molar-refractivity contribution >= 4 is 46.8 Å². The van der Waals surface area contributed by atoms with E-state index in [2.05, 4.69) is 15.2 Å². The molecule has 1 atom stereocenters. The molecule has 1 aromatic carbocycles. The van der Waals surface area contributed by atoms with Crippen LogP contribution in [0.2, 0.25) is 0 Å². The minimum Gasteiger partial charge on any atom is -0.459 e. The molecule has 1 unspecified atom stereocenters. The number of guanidine groups is 1. The van der Waals surface area contributed by atoms with Crippen LogP contribution in [-0.4, -0.2) is 67.6 Å². The highest BCUT2D eigenvalue weighted by atomic mass is 127. The van der Waals surface area contributed by atoms with Gasteiger partial charge in [0.2, 0.25) is 0 Å². The van der Waals surface area contributed by atoms with Gasteiger partial charge in [0.25, 0.3) is 5.91 Å². The molecule has 28 heavy (non-hydrogen) atoms. The lowest BCUT2D eigenvalue weighted by atomic mass is 10.2. The number of carbonyl (C=O) groups excluding carboxylic acids is 1. The summed E-state index contributed by atoms with van der Waals surface area (Å²) >= 11 is 0. The number of fused-ring (bicyclic) bond motifs is 1. The van der Waals surface area contributed by atoms with Gasteiger partial charge in [0.1, 0.15) is 17.4 Å². The van der Waals surface area contributed by atoms with Crippen molar-refractivity contribution in [2.45, 2.75) is 25.5 Å². The molecule has 152 valence electrons. The standard InChI is InChI=1S/C20H26N4O3.HI/c1-21-20(22-14-16-13-15-5-2-3-6-17(15)27-16)24-10-8-23(9-11-24)19(25)18-7-4-12-26-18;/h2-3,5-6,13,18H,4,7-12,14H2,1H3,(H,21,22);1H. The zero-order valence-corrected chi connectivity index (χ0v) is 18.4. The third kappa shape index (κ3) is 4.60. The fourth-order valence-corrected chi connectivity index (χ4v) is 3.74. The van der Waals surface area contributed by atoms with E-state index in [0.29, 0.717) is 26.2 Å². The van der Waals surface area contributed by atoms with Crippen LogP contribution in [0.4, 0.5) is 0 Å². The molecule has 4 rings (SSSR count). The van der Waals surface area contributed by atoms with Gasteiger partial charge in [-0.15, -0.1) is 24.0 Å². The van der Waals surface area contributed by atoms with Crippen molar-refractivity contribution in [3.8, 4) is 0 Å². The van der Waals surface area contributed by atoms with Gasteiger partial charge < -0.3 is 24.3 Å². The van der Waals surface area contributed by atoms with E-state index in [-0.39, 0.29) is 36.0 Å². The number of nitrogens with zero attached hydrogens (tertiary/aromatic N) is 3. The number of benzene rings is 1. The molecule has 0 saturated carbocycles. The number of piperazine rings is 1. The Morgan fingerprint density at radius 3 is 2.64 bits per heavy atom. The van der Waals surface area contributed by atoms with Crippen LogP contribution in [0.25, 0.3) is 11.0 Å². The van der Waals surface area contributed by atoms with Gasteiger partial charge in [-0.1, -0.05) is 18.2 Å². The van der Waals surface area contributed by atoms with Crippen molar-refractivity contribution in [3.05, 3.63) is 36.1 Å². The predicted molar refractivity (Wildman–Crippen MR) is 119 cm³/mol. The van der Waals surface area contributed by atoms with Crippen LogP contribution in [0.5, 0.6) is 0 Å². The molecule has 1 N–H and O–H groups in total. The summed E-state index contributed by atoms with van der Waals surface area (Å²) in [5.74, 6) is 1.85. The zero-order valence-electron chi connectivity index (χ0n) is 16.1. The van der Waals surface area contributed by atoms with Crippen molar-refractivity contribution < 1.29 is 13.9 Å². The van der Waals surface area contributed by atoms with E-state index in [1.807, 2.05) is 35.2 Å². The highest BCUT2D eigenvalue weighted by Crippen LogP contribution is 2.19. The van der Waals surface area contributed by atoms with E-state index in [4.69, 9.17) is 9.15 Å². The van der Waals surface area contributed by atoms with E-state index < -0.39 is 0 Å². The minimum absolute atomic E-state index is 0. The molecule has 2 saturated heterocycles. The molecule has 1 amide bonds. The molecular weight excluding hydrogens is 471 g/mol. The number of ether oxygens (including phenoxy) is 1. The minimum atomic E-state index is -0.234. The molecule has 0 radical (unpaired) electrons. The molecule has 1 aromatic heterocycles. The Morgan fingerprint density at radius 1 is 1.21 bits per heavy atom. The second kappa shape index (κ2) is 9.60. The fourth-order valence-electron chi connectivity index (χ4n) is 3.74. The number of aliphatic imine (C=N–C) groups is 1. The monoisotopic (exact) mass is 498 g/mol. The van der Waals surface area contributed by atoms with Gasteiger partial charge in [0.15, 0.2) is 5.96 Å². The molecule has 3 heterocycles. The average molecular weight is 498 g/mol. The van der Waals surface area contributed by atoms with Crippen molar-refractivity contribution in [2.75, 3.05) is 39.8 Å². The smallest absolute Gasteiger partial charge is 0.251 e. The van der Waals surface area contributed by atoms with Crippen LogP contribution in [0.3, 0.4) is 0 Å². The number of halogens is 1. The van der Waals surface area contributed by atoms with Crippen molar-refractivity contribution in [2.24, 2.45) is 4.99 Å². The van der Waals surface area contributed by atoms with E-state index in [0.717, 1.165) is 48.6 Å². The molecule has 8 heteroatoms. The highest BCUT2D eigenvalue weighted by Gasteiger charge is 2.30. The van der Waals surface area contributed by atoms with Crippen molar-refractivity contribution in [1.82, 2.24) is 15.1 Å². The van der Waals surface area contributed by atoms with Crippen LogP contribution < -0.4 is 5.32 Å². The third-order valence-electron chi connectivity index (χ3n) is 5.21. The number of carbonyl (C=O) groups is 1. The Hall–Kier alpha value is -1.81. The van der Waals surface area contributed by atoms with E-state index >= 15 is 0 Å². The molecule has 7 nitrogen and oxygen atoms in total. The molecular formula is C20H27IN4O3. The first-order valence-corrected chi connectivity index (χ1v) is 9.58. The first kappa shape index (κ1) is 20.9. The Kier molecular flexibility index (Phi) is 7.17. The van der Waals surface area contributed by atoms with E-state index in [1.54, 1.807) is 7.05 Å². The average Bonchev–Trinajstić information content (AvgIpc) is 3.38. The maximum absolute atomic E-state index is 12.5. The number of hydrogen-bond acceptors (Lipinski definition) is 4. The number of para-hydroxylation sites is 1. The van der Waals surface area contributed by atoms with Crippen LogP contribution in [0.15, 0.2) is 39.7 Å². The van der Waals surface area contributed by atoms with Gasteiger partial charge in [-0.3, -0.25) is 9.79 Å². The molecule has 2 fully saturated rings. The van der Waals surface area contributed by atoms with Gasteiger partial charge in [-0.05, 0) is 25.0 Å². The number of furan rings is 1. The van der Waals surface area contributed by atoms with E-state index in [1.165, 1.54) is 0 Å². The maximum atomic E-state index is 12.5. The summed E-state index contributed by atoms with van der Waals surface area (Å²) in [7, 11) is 1.78. The Bertz CT molecular complexity index is 791. The Balaban J connectivity index is 0.00000225. The highest BCUT2D eigenvalue weighted by molar-refractivity contribution is 14.0. The number of amides is 1. The summed E-state index contributed by atoms with van der Waals surface area (Å²) in [5.41, 5.74) is 0.894. The van der Waals surface area contributed by atoms with Gasteiger partial charge >= 0.3 is 0 Å². The molecule has 2 aromatic rings. The first-order chi connectivity index (χ1) is 13.2. The van der Waals surface area contributed by atoms with Gasteiger partial charge in [-0.25, -0.2) is 0 Å². The summed E-state index contributed by atoms with van der Waals surface area (Å²) < 4.78 is 11.4. The van der Waals surface area contributed by atoms with Gasteiger partial charge in [0.05, 0.1) is 6.54 Å². The molecule has 2 aliphatic heterocycles. The quantitative estimate of drug-likeness (QED) is 0.400. The topological polar surface area (TPSA) is 70.3 Å². The van der Waals surface area contributed by atoms with Gasteiger partial charge in [0, 0.05) is 45.2 Å². The second-order valence-corrected chi connectivity index (χ2v) is 6.97. The number of hydrogen-bond donors (Lipinski definition) is 1. The summed E-state index contributed by atoms with van der Waals surface area (Å²) in [4.78, 5) is 21.0. The lowest BCUT2D eigenvalue weighted by Crippen LogP contribution is -2.55. The zero-order chi connectivity index (χ0) is 18.6. The van der Waals surface area contributed by atoms with Crippen molar-refractivity contribution in [1.29, 1.82) is 0 Å². The third-order valence-corrected chi connectivity index (χ3v) is 5.21. The molecule has 0 spiro atoms. The first-order valence-electron chi connectivity index (χ1n) is 9.58. The summed E-state index contributed by atoms with van der Waals surface area (Å²) in [5, 5.41) is 4.47. The second-order valence-electron chi connectivity index (χ2n) is 6.97. The summed E-state index contributed by atoms with van der Waals surface area (Å²) in [6, 6.07) is 10.0. The maximum Gasteiger partial charge on any atom is 0.251 e.